The van der Waals surface area contributed by atoms with Gasteiger partial charge in [0.25, 0.3) is 11.5 Å². The number of amides is 2. The number of hydrogen-bond acceptors (Lipinski definition) is 4. The molecule has 7 heteroatoms. The van der Waals surface area contributed by atoms with Gasteiger partial charge in [-0.25, -0.2) is 0 Å². The smallest absolute Gasteiger partial charge is 0.262 e. The molecule has 2 amide bonds. The average Bonchev–Trinajstić information content (AvgIpc) is 2.63. The predicted octanol–water partition coefficient (Wildman–Crippen LogP) is 2.35. The lowest BCUT2D eigenvalue weighted by atomic mass is 10.1. The lowest BCUT2D eigenvalue weighted by molar-refractivity contribution is -0.118. The van der Waals surface area contributed by atoms with Crippen molar-refractivity contribution < 1.29 is 14.3 Å². The number of anilines is 2. The number of ether oxygens (including phenoxy) is 1. The van der Waals surface area contributed by atoms with E-state index in [1.165, 1.54) is 0 Å². The third-order valence-corrected chi connectivity index (χ3v) is 4.37. The number of para-hydroxylation sites is 1. The number of fused-ring (bicyclic) bond motifs is 2. The number of carbonyl (C=O) groups is 2. The molecule has 2 heterocycles. The zero-order chi connectivity index (χ0) is 19.0. The summed E-state index contributed by atoms with van der Waals surface area (Å²) in [5.41, 5.74) is 3.11. The van der Waals surface area contributed by atoms with Crippen LogP contribution in [0.15, 0.2) is 47.3 Å². The number of aromatic amines is 1. The van der Waals surface area contributed by atoms with Crippen LogP contribution in [0.4, 0.5) is 11.4 Å². The Morgan fingerprint density at radius 2 is 2.04 bits per heavy atom. The van der Waals surface area contributed by atoms with Crippen LogP contribution in [0.25, 0.3) is 10.9 Å². The Bertz CT molecular complexity index is 1130. The van der Waals surface area contributed by atoms with Gasteiger partial charge in [-0.1, -0.05) is 12.1 Å². The lowest BCUT2D eigenvalue weighted by Gasteiger charge is -2.20. The fraction of sp³-hybridized carbons (Fsp3) is 0.150. The van der Waals surface area contributed by atoms with Gasteiger partial charge in [0, 0.05) is 11.1 Å². The van der Waals surface area contributed by atoms with Gasteiger partial charge in [-0.05, 0) is 48.2 Å². The molecule has 7 nitrogen and oxygen atoms in total. The highest BCUT2D eigenvalue weighted by atomic mass is 16.5. The van der Waals surface area contributed by atoms with Crippen LogP contribution in [-0.4, -0.2) is 23.4 Å². The van der Waals surface area contributed by atoms with Crippen molar-refractivity contribution in [3.8, 4) is 5.75 Å². The van der Waals surface area contributed by atoms with Gasteiger partial charge in [0.2, 0.25) is 5.91 Å². The Balaban J connectivity index is 1.54. The van der Waals surface area contributed by atoms with Crippen LogP contribution >= 0.6 is 0 Å². The van der Waals surface area contributed by atoms with Crippen molar-refractivity contribution in [3.63, 3.8) is 0 Å². The molecule has 0 spiro atoms. The minimum atomic E-state index is -0.226. The summed E-state index contributed by atoms with van der Waals surface area (Å²) in [7, 11) is 0. The third kappa shape index (κ3) is 3.39. The monoisotopic (exact) mass is 363 g/mol. The summed E-state index contributed by atoms with van der Waals surface area (Å²) < 4.78 is 5.44. The molecule has 0 atom stereocenters. The van der Waals surface area contributed by atoms with E-state index in [1.807, 2.05) is 12.1 Å². The normalized spacial score (nSPS) is 12.9. The van der Waals surface area contributed by atoms with E-state index >= 15 is 0 Å². The second-order valence-corrected chi connectivity index (χ2v) is 6.45. The lowest BCUT2D eigenvalue weighted by Crippen LogP contribution is -2.26. The Kier molecular flexibility index (Phi) is 4.12. The van der Waals surface area contributed by atoms with Gasteiger partial charge in [-0.15, -0.1) is 0 Å². The van der Waals surface area contributed by atoms with Crippen LogP contribution in [0, 0.1) is 6.92 Å². The zero-order valence-corrected chi connectivity index (χ0v) is 14.6. The summed E-state index contributed by atoms with van der Waals surface area (Å²) in [5, 5.41) is 6.41. The van der Waals surface area contributed by atoms with Crippen LogP contribution < -0.4 is 20.9 Å². The van der Waals surface area contributed by atoms with Crippen LogP contribution in [0.3, 0.4) is 0 Å². The highest BCUT2D eigenvalue weighted by Crippen LogP contribution is 2.35. The Labute approximate surface area is 154 Å². The van der Waals surface area contributed by atoms with Crippen LogP contribution in [0.2, 0.25) is 0 Å². The quantitative estimate of drug-likeness (QED) is 0.665. The molecular weight excluding hydrogens is 346 g/mol. The maximum absolute atomic E-state index is 12.5. The van der Waals surface area contributed by atoms with Crippen molar-refractivity contribution in [2.45, 2.75) is 13.3 Å². The molecule has 27 heavy (non-hydrogen) atoms. The van der Waals surface area contributed by atoms with Crippen molar-refractivity contribution in [2.75, 3.05) is 17.2 Å². The number of H-pyrrole nitrogens is 1. The summed E-state index contributed by atoms with van der Waals surface area (Å²) in [5.74, 6) is 0.0250. The molecule has 0 bridgehead atoms. The van der Waals surface area contributed by atoms with Crippen molar-refractivity contribution in [3.05, 3.63) is 63.9 Å². The zero-order valence-electron chi connectivity index (χ0n) is 14.6. The third-order valence-electron chi connectivity index (χ3n) is 4.37. The Morgan fingerprint density at radius 3 is 2.89 bits per heavy atom. The number of carbonyl (C=O) groups excluding carboxylic acids is 2. The maximum Gasteiger partial charge on any atom is 0.262 e. The van der Waals surface area contributed by atoms with Crippen molar-refractivity contribution in [2.24, 2.45) is 0 Å². The van der Waals surface area contributed by atoms with E-state index in [2.05, 4.69) is 15.6 Å². The van der Waals surface area contributed by atoms with E-state index in [4.69, 9.17) is 4.74 Å². The van der Waals surface area contributed by atoms with Crippen molar-refractivity contribution in [1.82, 2.24) is 4.98 Å². The van der Waals surface area contributed by atoms with E-state index in [9.17, 15) is 14.4 Å². The van der Waals surface area contributed by atoms with E-state index in [1.54, 1.807) is 37.3 Å². The number of aryl methyl sites for hydroxylation is 1. The summed E-state index contributed by atoms with van der Waals surface area (Å²) in [6, 6.07) is 12.5. The molecule has 1 aromatic heterocycles. The minimum absolute atomic E-state index is 0.0812. The van der Waals surface area contributed by atoms with Gasteiger partial charge in [0.15, 0.2) is 12.4 Å². The largest absolute Gasteiger partial charge is 0.479 e. The fourth-order valence-corrected chi connectivity index (χ4v) is 3.07. The van der Waals surface area contributed by atoms with E-state index in [0.717, 1.165) is 16.5 Å². The molecule has 0 fully saturated rings. The molecule has 3 N–H and O–H groups in total. The van der Waals surface area contributed by atoms with Crippen LogP contribution in [-0.2, 0) is 16.0 Å². The molecule has 0 saturated heterocycles. The molecule has 1 aliphatic rings. The highest BCUT2D eigenvalue weighted by Gasteiger charge is 2.20. The molecule has 0 aliphatic carbocycles. The first-order valence-corrected chi connectivity index (χ1v) is 8.48. The number of rotatable bonds is 3. The first-order valence-electron chi connectivity index (χ1n) is 8.48. The summed E-state index contributed by atoms with van der Waals surface area (Å²) >= 11 is 0. The van der Waals surface area contributed by atoms with Gasteiger partial charge in [0.1, 0.15) is 0 Å². The summed E-state index contributed by atoms with van der Waals surface area (Å²) in [6.07, 6.45) is 0.171. The van der Waals surface area contributed by atoms with E-state index in [-0.39, 0.29) is 30.4 Å². The first kappa shape index (κ1) is 16.8. The number of pyridine rings is 1. The fourth-order valence-electron chi connectivity index (χ4n) is 3.07. The van der Waals surface area contributed by atoms with Gasteiger partial charge >= 0.3 is 0 Å². The molecule has 0 saturated carbocycles. The predicted molar refractivity (Wildman–Crippen MR) is 102 cm³/mol. The Morgan fingerprint density at radius 1 is 1.19 bits per heavy atom. The van der Waals surface area contributed by atoms with Crippen molar-refractivity contribution >= 4 is 34.1 Å². The second kappa shape index (κ2) is 6.60. The maximum atomic E-state index is 12.5. The van der Waals surface area contributed by atoms with Gasteiger partial charge in [-0.2, -0.15) is 0 Å². The molecule has 136 valence electrons. The van der Waals surface area contributed by atoms with Crippen LogP contribution in [0.5, 0.6) is 5.75 Å². The standard InChI is InChI=1S/C20H17N3O4/c1-11-7-13-8-12(5-6-14(13)23-20(11)26)9-17(24)21-15-3-2-4-16-19(15)27-10-18(25)22-16/h2-8H,9-10H2,1H3,(H,21,24)(H,22,25)(H,23,26). The topological polar surface area (TPSA) is 100 Å². The molecule has 4 rings (SSSR count). The number of aromatic nitrogens is 1. The highest BCUT2D eigenvalue weighted by molar-refractivity contribution is 6.00. The molecule has 2 aromatic carbocycles. The van der Waals surface area contributed by atoms with Gasteiger partial charge in [-0.3, -0.25) is 14.4 Å². The number of benzene rings is 2. The molecular formula is C20H17N3O4. The second-order valence-electron chi connectivity index (χ2n) is 6.45. The SMILES string of the molecule is Cc1cc2cc(CC(=O)Nc3cccc4c3OCC(=O)N4)ccc2[nH]c1=O. The van der Waals surface area contributed by atoms with E-state index in [0.29, 0.717) is 22.7 Å². The average molecular weight is 363 g/mol. The van der Waals surface area contributed by atoms with Crippen molar-refractivity contribution in [1.29, 1.82) is 0 Å². The van der Waals surface area contributed by atoms with Crippen LogP contribution in [0.1, 0.15) is 11.1 Å². The van der Waals surface area contributed by atoms with Gasteiger partial charge < -0.3 is 20.4 Å². The molecule has 1 aliphatic heterocycles. The Hall–Kier alpha value is -3.61. The van der Waals surface area contributed by atoms with E-state index < -0.39 is 0 Å². The van der Waals surface area contributed by atoms with Gasteiger partial charge in [0.05, 0.1) is 17.8 Å². The minimum Gasteiger partial charge on any atom is -0.479 e. The molecule has 3 aromatic rings. The number of hydrogen-bond donors (Lipinski definition) is 3. The summed E-state index contributed by atoms with van der Waals surface area (Å²) in [4.78, 5) is 38.4. The molecule has 0 radical (unpaired) electrons. The molecule has 0 unspecified atom stereocenters. The summed E-state index contributed by atoms with van der Waals surface area (Å²) in [6.45, 7) is 1.66. The number of nitrogens with one attached hydrogen (secondary N) is 3. The first-order chi connectivity index (χ1) is 13.0.